The summed E-state index contributed by atoms with van der Waals surface area (Å²) in [6, 6.07) is 24.3. The lowest BCUT2D eigenvalue weighted by Crippen LogP contribution is -2.40. The highest BCUT2D eigenvalue weighted by atomic mass is 32.1. The van der Waals surface area contributed by atoms with Gasteiger partial charge >= 0.3 is 0 Å². The average molecular weight is 392 g/mol. The molecule has 28 heavy (non-hydrogen) atoms. The van der Waals surface area contributed by atoms with Crippen LogP contribution in [0.1, 0.15) is 34.8 Å². The minimum absolute atomic E-state index is 0.135. The Morgan fingerprint density at radius 1 is 1.00 bits per heavy atom. The molecular formula is C24H25NO2S. The number of hydrogen-bond donors (Lipinski definition) is 0. The highest BCUT2D eigenvalue weighted by molar-refractivity contribution is 7.09. The molecule has 4 heteroatoms. The third kappa shape index (κ3) is 4.51. The number of hydrogen-bond acceptors (Lipinski definition) is 3. The Hall–Kier alpha value is -2.43. The molecule has 1 saturated heterocycles. The molecule has 1 aliphatic heterocycles. The second-order valence-electron chi connectivity index (χ2n) is 7.19. The van der Waals surface area contributed by atoms with E-state index in [4.69, 9.17) is 4.74 Å². The molecule has 144 valence electrons. The van der Waals surface area contributed by atoms with Crippen molar-refractivity contribution < 1.29 is 9.53 Å². The molecule has 3 aromatic rings. The SMILES string of the molecule is O=C(C(c1ccccc1)c1ccccc1)N(Cc1cccs1)C[C@@H]1CCCO1. The number of thiophene rings is 1. The van der Waals surface area contributed by atoms with Crippen molar-refractivity contribution in [3.8, 4) is 0 Å². The summed E-state index contributed by atoms with van der Waals surface area (Å²) in [5.41, 5.74) is 2.06. The van der Waals surface area contributed by atoms with Crippen LogP contribution in [0, 0.1) is 0 Å². The standard InChI is InChI=1S/C24H25NO2S/c26-24(23(19-9-3-1-4-10-19)20-11-5-2-6-12-20)25(17-21-13-7-15-27-21)18-22-14-8-16-28-22/h1-6,8-12,14,16,21,23H,7,13,15,17-18H2/t21-/m0/s1. The zero-order valence-electron chi connectivity index (χ0n) is 15.9. The van der Waals surface area contributed by atoms with E-state index < -0.39 is 0 Å². The number of benzene rings is 2. The molecule has 1 atom stereocenters. The second kappa shape index (κ2) is 9.18. The van der Waals surface area contributed by atoms with Crippen molar-refractivity contribution in [2.75, 3.05) is 13.2 Å². The number of ether oxygens (including phenoxy) is 1. The molecule has 1 aliphatic rings. The van der Waals surface area contributed by atoms with E-state index in [1.165, 1.54) is 4.88 Å². The molecule has 1 amide bonds. The predicted octanol–water partition coefficient (Wildman–Crippen LogP) is 5.09. The molecular weight excluding hydrogens is 366 g/mol. The van der Waals surface area contributed by atoms with Crippen molar-refractivity contribution in [3.63, 3.8) is 0 Å². The lowest BCUT2D eigenvalue weighted by molar-refractivity contribution is -0.134. The molecule has 0 bridgehead atoms. The van der Waals surface area contributed by atoms with E-state index in [1.807, 2.05) is 71.6 Å². The van der Waals surface area contributed by atoms with Gasteiger partial charge in [-0.25, -0.2) is 0 Å². The van der Waals surface area contributed by atoms with Crippen molar-refractivity contribution in [1.29, 1.82) is 0 Å². The maximum absolute atomic E-state index is 13.8. The second-order valence-corrected chi connectivity index (χ2v) is 8.22. The first-order chi connectivity index (χ1) is 13.8. The molecule has 2 heterocycles. The Balaban J connectivity index is 1.66. The van der Waals surface area contributed by atoms with Crippen molar-refractivity contribution in [2.24, 2.45) is 0 Å². The third-order valence-electron chi connectivity index (χ3n) is 5.20. The number of rotatable bonds is 7. The van der Waals surface area contributed by atoms with Crippen LogP contribution in [0.5, 0.6) is 0 Å². The van der Waals surface area contributed by atoms with Crippen LogP contribution in [0.4, 0.5) is 0 Å². The minimum atomic E-state index is -0.302. The summed E-state index contributed by atoms with van der Waals surface area (Å²) in [7, 11) is 0. The normalized spacial score (nSPS) is 16.4. The topological polar surface area (TPSA) is 29.5 Å². The van der Waals surface area contributed by atoms with Gasteiger partial charge < -0.3 is 9.64 Å². The molecule has 0 aliphatic carbocycles. The smallest absolute Gasteiger partial charge is 0.234 e. The Morgan fingerprint density at radius 2 is 1.68 bits per heavy atom. The summed E-state index contributed by atoms with van der Waals surface area (Å²) < 4.78 is 5.85. The van der Waals surface area contributed by atoms with Crippen molar-refractivity contribution >= 4 is 17.2 Å². The largest absolute Gasteiger partial charge is 0.376 e. The summed E-state index contributed by atoms with van der Waals surface area (Å²) >= 11 is 1.70. The molecule has 2 aromatic carbocycles. The molecule has 0 N–H and O–H groups in total. The Morgan fingerprint density at radius 3 is 2.21 bits per heavy atom. The maximum Gasteiger partial charge on any atom is 0.234 e. The Bertz CT molecular complexity index is 819. The summed E-state index contributed by atoms with van der Waals surface area (Å²) in [4.78, 5) is 17.0. The fraction of sp³-hybridized carbons (Fsp3) is 0.292. The summed E-state index contributed by atoms with van der Waals surface area (Å²) in [6.45, 7) is 2.08. The predicted molar refractivity (Wildman–Crippen MR) is 113 cm³/mol. The lowest BCUT2D eigenvalue weighted by atomic mass is 9.90. The zero-order valence-corrected chi connectivity index (χ0v) is 16.7. The molecule has 1 aromatic heterocycles. The van der Waals surface area contributed by atoms with Crippen molar-refractivity contribution in [2.45, 2.75) is 31.4 Å². The van der Waals surface area contributed by atoms with Crippen LogP contribution in [0.15, 0.2) is 78.2 Å². The van der Waals surface area contributed by atoms with Crippen LogP contribution >= 0.6 is 11.3 Å². The van der Waals surface area contributed by atoms with Gasteiger partial charge in [0.25, 0.3) is 0 Å². The van der Waals surface area contributed by atoms with Crippen molar-refractivity contribution in [3.05, 3.63) is 94.2 Å². The summed E-state index contributed by atoms with van der Waals surface area (Å²) in [5, 5.41) is 2.07. The van der Waals surface area contributed by atoms with Gasteiger partial charge in [-0.1, -0.05) is 66.7 Å². The van der Waals surface area contributed by atoms with Gasteiger partial charge in [0.2, 0.25) is 5.91 Å². The van der Waals surface area contributed by atoms with Crippen LogP contribution in [0.2, 0.25) is 0 Å². The van der Waals surface area contributed by atoms with E-state index in [2.05, 4.69) is 11.4 Å². The van der Waals surface area contributed by atoms with Crippen LogP contribution in [0.25, 0.3) is 0 Å². The average Bonchev–Trinajstić information content (AvgIpc) is 3.44. The first-order valence-corrected chi connectivity index (χ1v) is 10.7. The minimum Gasteiger partial charge on any atom is -0.376 e. The van der Waals surface area contributed by atoms with E-state index >= 15 is 0 Å². The first kappa shape index (κ1) is 18.9. The molecule has 0 unspecified atom stereocenters. The van der Waals surface area contributed by atoms with Gasteiger partial charge in [0.1, 0.15) is 0 Å². The van der Waals surface area contributed by atoms with Gasteiger partial charge in [-0.3, -0.25) is 4.79 Å². The summed E-state index contributed by atoms with van der Waals surface area (Å²) in [5.74, 6) is -0.162. The fourth-order valence-corrected chi connectivity index (χ4v) is 4.53. The third-order valence-corrected chi connectivity index (χ3v) is 6.06. The quantitative estimate of drug-likeness (QED) is 0.562. The lowest BCUT2D eigenvalue weighted by Gasteiger charge is -2.29. The van der Waals surface area contributed by atoms with Gasteiger partial charge in [-0.05, 0) is 35.4 Å². The van der Waals surface area contributed by atoms with Crippen LogP contribution in [-0.2, 0) is 16.1 Å². The van der Waals surface area contributed by atoms with E-state index in [-0.39, 0.29) is 17.9 Å². The van der Waals surface area contributed by atoms with Crippen LogP contribution < -0.4 is 0 Å². The van der Waals surface area contributed by atoms with Gasteiger partial charge in [0.05, 0.1) is 18.6 Å². The molecule has 3 nitrogen and oxygen atoms in total. The van der Waals surface area contributed by atoms with Gasteiger partial charge in [0.15, 0.2) is 0 Å². The van der Waals surface area contributed by atoms with E-state index in [1.54, 1.807) is 11.3 Å². The Labute approximate surface area is 170 Å². The van der Waals surface area contributed by atoms with Gasteiger partial charge in [-0.15, -0.1) is 11.3 Å². The number of carbonyl (C=O) groups excluding carboxylic acids is 1. The molecule has 0 saturated carbocycles. The maximum atomic E-state index is 13.8. The first-order valence-electron chi connectivity index (χ1n) is 9.84. The Kier molecular flexibility index (Phi) is 6.20. The zero-order chi connectivity index (χ0) is 19.2. The number of carbonyl (C=O) groups is 1. The van der Waals surface area contributed by atoms with Crippen LogP contribution in [-0.4, -0.2) is 30.1 Å². The van der Waals surface area contributed by atoms with E-state index in [9.17, 15) is 4.79 Å². The molecule has 0 radical (unpaired) electrons. The fourth-order valence-electron chi connectivity index (χ4n) is 3.81. The molecule has 4 rings (SSSR count). The van der Waals surface area contributed by atoms with Gasteiger partial charge in [0, 0.05) is 18.0 Å². The number of nitrogens with zero attached hydrogens (tertiary/aromatic N) is 1. The highest BCUT2D eigenvalue weighted by Crippen LogP contribution is 2.29. The molecule has 0 spiro atoms. The number of amides is 1. The highest BCUT2D eigenvalue weighted by Gasteiger charge is 2.30. The van der Waals surface area contributed by atoms with Gasteiger partial charge in [-0.2, -0.15) is 0 Å². The summed E-state index contributed by atoms with van der Waals surface area (Å²) in [6.07, 6.45) is 2.23. The monoisotopic (exact) mass is 391 g/mol. The molecule has 1 fully saturated rings. The van der Waals surface area contributed by atoms with E-state index in [0.717, 1.165) is 30.6 Å². The van der Waals surface area contributed by atoms with E-state index in [0.29, 0.717) is 13.1 Å². The van der Waals surface area contributed by atoms with Crippen LogP contribution in [0.3, 0.4) is 0 Å². The van der Waals surface area contributed by atoms with Crippen molar-refractivity contribution in [1.82, 2.24) is 4.90 Å².